The quantitative estimate of drug-likeness (QED) is 0.468. The maximum Gasteiger partial charge on any atom is 0.315 e. The second-order valence-corrected chi connectivity index (χ2v) is 8.27. The van der Waals surface area contributed by atoms with Crippen LogP contribution in [0.4, 0.5) is 15.0 Å². The summed E-state index contributed by atoms with van der Waals surface area (Å²) in [6.07, 6.45) is 5.63. The van der Waals surface area contributed by atoms with Gasteiger partial charge in [0.05, 0.1) is 25.0 Å². The lowest BCUT2D eigenvalue weighted by molar-refractivity contribution is -0.136. The number of morpholine rings is 1. The average molecular weight is 482 g/mol. The number of urea groups is 1. The summed E-state index contributed by atoms with van der Waals surface area (Å²) in [5, 5.41) is 13.7. The number of aliphatic hydroxyl groups is 1. The number of nitrogens with zero attached hydrogens (tertiary/aromatic N) is 3. The molecular formula is C24H40FN5O4. The first kappa shape index (κ1) is 29.3. The van der Waals surface area contributed by atoms with Gasteiger partial charge in [0.1, 0.15) is 11.9 Å². The van der Waals surface area contributed by atoms with Gasteiger partial charge in [-0.1, -0.05) is 32.4 Å². The van der Waals surface area contributed by atoms with Crippen LogP contribution in [0.2, 0.25) is 0 Å². The summed E-state index contributed by atoms with van der Waals surface area (Å²) in [5.41, 5.74) is 1.05. The first-order chi connectivity index (χ1) is 16.2. The Balaban J connectivity index is 0.000000352. The number of nitrogens with one attached hydrogen (secondary N) is 2. The van der Waals surface area contributed by atoms with Gasteiger partial charge in [-0.15, -0.1) is 0 Å². The van der Waals surface area contributed by atoms with E-state index < -0.39 is 30.9 Å². The number of ether oxygens (including phenoxy) is 1. The highest BCUT2D eigenvalue weighted by Gasteiger charge is 2.27. The molecule has 1 aromatic rings. The molecule has 1 aromatic heterocycles. The number of amides is 3. The monoisotopic (exact) mass is 481 g/mol. The molecule has 1 fully saturated rings. The number of halogens is 1. The number of aliphatic hydroxyl groups excluding tert-OH is 1. The molecular weight excluding hydrogens is 441 g/mol. The number of carbonyl (C=O) groups excluding carboxylic acids is 2. The van der Waals surface area contributed by atoms with E-state index in [-0.39, 0.29) is 0 Å². The van der Waals surface area contributed by atoms with Crippen LogP contribution < -0.4 is 15.5 Å². The molecule has 0 radical (unpaired) electrons. The van der Waals surface area contributed by atoms with Crippen LogP contribution >= 0.6 is 0 Å². The lowest BCUT2D eigenvalue weighted by Gasteiger charge is -2.27. The predicted octanol–water partition coefficient (Wildman–Crippen LogP) is 2.42. The number of hydrogen-bond acceptors (Lipinski definition) is 6. The Morgan fingerprint density at radius 2 is 2.00 bits per heavy atom. The molecule has 0 saturated carbocycles. The minimum Gasteiger partial charge on any atom is -0.391 e. The highest BCUT2D eigenvalue weighted by molar-refractivity contribution is 5.87. The van der Waals surface area contributed by atoms with Gasteiger partial charge in [-0.05, 0) is 37.5 Å². The van der Waals surface area contributed by atoms with Crippen molar-refractivity contribution < 1.29 is 23.8 Å². The summed E-state index contributed by atoms with van der Waals surface area (Å²) in [6, 6.07) is 4.47. The van der Waals surface area contributed by atoms with Crippen molar-refractivity contribution in [3.63, 3.8) is 0 Å². The molecule has 0 bridgehead atoms. The van der Waals surface area contributed by atoms with Gasteiger partial charge in [0, 0.05) is 27.2 Å². The number of rotatable bonds is 9. The van der Waals surface area contributed by atoms with E-state index in [1.165, 1.54) is 27.4 Å². The van der Waals surface area contributed by atoms with Crippen LogP contribution in [0.15, 0.2) is 24.3 Å². The maximum atomic E-state index is 12.2. The fourth-order valence-electron chi connectivity index (χ4n) is 2.99. The third kappa shape index (κ3) is 10.5. The molecule has 1 saturated heterocycles. The summed E-state index contributed by atoms with van der Waals surface area (Å²) in [5.74, 6) is 1.13. The first-order valence-corrected chi connectivity index (χ1v) is 11.7. The number of carbonyl (C=O) groups is 2. The van der Waals surface area contributed by atoms with Crippen molar-refractivity contribution in [2.75, 3.05) is 52.1 Å². The molecule has 1 aliphatic rings. The van der Waals surface area contributed by atoms with E-state index in [9.17, 15) is 19.1 Å². The van der Waals surface area contributed by atoms with Crippen molar-refractivity contribution in [2.24, 2.45) is 5.92 Å². The molecule has 0 aromatic carbocycles. The van der Waals surface area contributed by atoms with E-state index >= 15 is 0 Å². The van der Waals surface area contributed by atoms with Gasteiger partial charge in [0.25, 0.3) is 0 Å². The molecule has 0 aliphatic carbocycles. The van der Waals surface area contributed by atoms with Crippen molar-refractivity contribution in [1.82, 2.24) is 20.5 Å². The molecule has 3 atom stereocenters. The van der Waals surface area contributed by atoms with E-state index in [4.69, 9.17) is 9.72 Å². The standard InChI is InChI=1S/C16H24N2O.C8H16FN3O3/c1-3-14(2)6-4-7-15-8-5-9-16(17-15)18-10-12-19-13-11-18;1-5(13)6(11-8(15)10-2)7(14)12(3)4-9/h4-5,7-9,14H,3,6,10-13H2,1-2H3;5-6,13H,4H2,1-3H3,(H2,10,11,15)/b7-4+;/t;5-,6?/m.1/s1. The summed E-state index contributed by atoms with van der Waals surface area (Å²) in [4.78, 5) is 30.2. The van der Waals surface area contributed by atoms with Gasteiger partial charge in [-0.2, -0.15) is 0 Å². The van der Waals surface area contributed by atoms with Crippen LogP contribution in [-0.4, -0.2) is 86.3 Å². The summed E-state index contributed by atoms with van der Waals surface area (Å²) >= 11 is 0. The third-order valence-corrected chi connectivity index (χ3v) is 5.43. The SMILES string of the molecule is CCC(C)C/C=C/c1cccc(N2CCOCC2)n1.CNC(=O)NC(C(=O)N(C)CF)[C@@H](C)O. The molecule has 3 amide bonds. The zero-order valence-corrected chi connectivity index (χ0v) is 21.0. The first-order valence-electron chi connectivity index (χ1n) is 11.7. The minimum atomic E-state index is -1.15. The van der Waals surface area contributed by atoms with Gasteiger partial charge in [0.2, 0.25) is 5.91 Å². The van der Waals surface area contributed by atoms with E-state index in [1.807, 2.05) is 0 Å². The van der Waals surface area contributed by atoms with Crippen molar-refractivity contribution in [3.05, 3.63) is 30.0 Å². The largest absolute Gasteiger partial charge is 0.391 e. The number of anilines is 1. The van der Waals surface area contributed by atoms with Crippen molar-refractivity contribution in [1.29, 1.82) is 0 Å². The Morgan fingerprint density at radius 1 is 1.32 bits per heavy atom. The van der Waals surface area contributed by atoms with Crippen LogP contribution in [-0.2, 0) is 9.53 Å². The Bertz CT molecular complexity index is 771. The Labute approximate surface area is 202 Å². The van der Waals surface area contributed by atoms with Crippen LogP contribution in [0.5, 0.6) is 0 Å². The van der Waals surface area contributed by atoms with E-state index in [1.54, 1.807) is 0 Å². The van der Waals surface area contributed by atoms with Gasteiger partial charge in [0.15, 0.2) is 6.80 Å². The summed E-state index contributed by atoms with van der Waals surface area (Å²) < 4.78 is 17.5. The van der Waals surface area contributed by atoms with Crippen LogP contribution in [0, 0.1) is 5.92 Å². The lowest BCUT2D eigenvalue weighted by atomic mass is 10.1. The normalized spacial score (nSPS) is 16.1. The van der Waals surface area contributed by atoms with Crippen molar-refractivity contribution in [3.8, 4) is 0 Å². The van der Waals surface area contributed by atoms with Crippen molar-refractivity contribution in [2.45, 2.75) is 45.8 Å². The van der Waals surface area contributed by atoms with Crippen LogP contribution in [0.3, 0.4) is 0 Å². The van der Waals surface area contributed by atoms with Gasteiger partial charge in [-0.3, -0.25) is 4.79 Å². The minimum absolute atomic E-state index is 0.610. The molecule has 3 N–H and O–H groups in total. The van der Waals surface area contributed by atoms with Crippen LogP contribution in [0.1, 0.15) is 39.3 Å². The fraction of sp³-hybridized carbons (Fsp3) is 0.625. The second kappa shape index (κ2) is 16.0. The van der Waals surface area contributed by atoms with Gasteiger partial charge in [-0.25, -0.2) is 14.2 Å². The fourth-order valence-corrected chi connectivity index (χ4v) is 2.99. The zero-order chi connectivity index (χ0) is 25.5. The number of allylic oxidation sites excluding steroid dienone is 1. The molecule has 1 aliphatic heterocycles. The molecule has 9 nitrogen and oxygen atoms in total. The van der Waals surface area contributed by atoms with Crippen LogP contribution in [0.25, 0.3) is 6.08 Å². The molecule has 34 heavy (non-hydrogen) atoms. The number of alkyl halides is 1. The highest BCUT2D eigenvalue weighted by atomic mass is 19.1. The number of pyridine rings is 1. The van der Waals surface area contributed by atoms with Gasteiger partial charge < -0.3 is 30.3 Å². The molecule has 0 spiro atoms. The molecule has 10 heteroatoms. The van der Waals surface area contributed by atoms with E-state index in [0.29, 0.717) is 0 Å². The number of likely N-dealkylation sites (N-methyl/N-ethyl adjacent to an activating group) is 1. The summed E-state index contributed by atoms with van der Waals surface area (Å²) in [6.45, 7) is 8.35. The Morgan fingerprint density at radius 3 is 2.56 bits per heavy atom. The van der Waals surface area contributed by atoms with Gasteiger partial charge >= 0.3 is 6.03 Å². The number of aromatic nitrogens is 1. The van der Waals surface area contributed by atoms with E-state index in [0.717, 1.165) is 55.1 Å². The lowest BCUT2D eigenvalue weighted by Crippen LogP contribution is -2.54. The molecule has 2 unspecified atom stereocenters. The Hall–Kier alpha value is -2.72. The second-order valence-electron chi connectivity index (χ2n) is 8.27. The average Bonchev–Trinajstić information content (AvgIpc) is 2.86. The van der Waals surface area contributed by atoms with E-state index in [2.05, 4.69) is 59.7 Å². The molecule has 192 valence electrons. The summed E-state index contributed by atoms with van der Waals surface area (Å²) in [7, 11) is 2.61. The smallest absolute Gasteiger partial charge is 0.315 e. The van der Waals surface area contributed by atoms with Crippen molar-refractivity contribution >= 4 is 23.8 Å². The molecule has 2 rings (SSSR count). The topological polar surface area (TPSA) is 107 Å². The highest BCUT2D eigenvalue weighted by Crippen LogP contribution is 2.15. The number of hydrogen-bond donors (Lipinski definition) is 3. The molecule has 2 heterocycles. The predicted molar refractivity (Wildman–Crippen MR) is 132 cm³/mol. The zero-order valence-electron chi connectivity index (χ0n) is 21.0. The third-order valence-electron chi connectivity index (χ3n) is 5.43. The maximum absolute atomic E-state index is 12.2. The Kier molecular flexibility index (Phi) is 13.8.